The van der Waals surface area contributed by atoms with Crippen molar-refractivity contribution in [3.8, 4) is 0 Å². The lowest BCUT2D eigenvalue weighted by Gasteiger charge is -2.29. The summed E-state index contributed by atoms with van der Waals surface area (Å²) in [6.07, 6.45) is 6.73. The molecule has 0 amide bonds. The molecule has 0 spiro atoms. The number of hydrogen-bond donors (Lipinski definition) is 1. The molecule has 3 heteroatoms. The zero-order valence-electron chi connectivity index (χ0n) is 7.36. The van der Waals surface area contributed by atoms with E-state index in [0.29, 0.717) is 0 Å². The van der Waals surface area contributed by atoms with Crippen LogP contribution >= 0.6 is 0 Å². The van der Waals surface area contributed by atoms with Crippen LogP contribution in [0.4, 0.5) is 0 Å². The molecule has 0 heterocycles. The number of nitrogens with zero attached hydrogens (tertiary/aromatic N) is 1. The summed E-state index contributed by atoms with van der Waals surface area (Å²) in [5, 5.41) is 8.35. The van der Waals surface area contributed by atoms with E-state index >= 15 is 0 Å². The first-order valence-corrected chi connectivity index (χ1v) is 4.30. The summed E-state index contributed by atoms with van der Waals surface area (Å²) in [6.45, 7) is 0.990. The number of aliphatic carboxylic acids is 1. The number of carbonyl (C=O) groups is 1. The first-order chi connectivity index (χ1) is 5.68. The maximum absolute atomic E-state index is 10.2. The Labute approximate surface area is 72.7 Å². The molecule has 0 radical (unpaired) electrons. The van der Waals surface area contributed by atoms with Crippen LogP contribution in [0.5, 0.6) is 0 Å². The SMILES string of the molecule is CN(C=CC(=O)O)CC1CCC1. The minimum Gasteiger partial charge on any atom is -0.478 e. The Kier molecular flexibility index (Phi) is 3.14. The first kappa shape index (κ1) is 9.10. The van der Waals surface area contributed by atoms with Gasteiger partial charge in [-0.2, -0.15) is 0 Å². The quantitative estimate of drug-likeness (QED) is 0.645. The maximum Gasteiger partial charge on any atom is 0.329 e. The van der Waals surface area contributed by atoms with Crippen molar-refractivity contribution in [2.24, 2.45) is 5.92 Å². The van der Waals surface area contributed by atoms with Gasteiger partial charge in [-0.05, 0) is 18.8 Å². The van der Waals surface area contributed by atoms with Gasteiger partial charge >= 0.3 is 5.97 Å². The fraction of sp³-hybridized carbons (Fsp3) is 0.667. The molecule has 1 aliphatic rings. The topological polar surface area (TPSA) is 40.5 Å². The van der Waals surface area contributed by atoms with Crippen molar-refractivity contribution < 1.29 is 9.90 Å². The Hall–Kier alpha value is -0.990. The normalized spacial score (nSPS) is 17.8. The smallest absolute Gasteiger partial charge is 0.329 e. The van der Waals surface area contributed by atoms with Gasteiger partial charge in [0.15, 0.2) is 0 Å². The van der Waals surface area contributed by atoms with Gasteiger partial charge in [0, 0.05) is 25.9 Å². The van der Waals surface area contributed by atoms with Gasteiger partial charge in [-0.1, -0.05) is 6.42 Å². The second kappa shape index (κ2) is 4.14. The molecule has 1 aliphatic carbocycles. The van der Waals surface area contributed by atoms with E-state index in [0.717, 1.165) is 12.5 Å². The molecule has 1 fully saturated rings. The van der Waals surface area contributed by atoms with Crippen LogP contribution in [0.15, 0.2) is 12.3 Å². The van der Waals surface area contributed by atoms with E-state index in [1.165, 1.54) is 25.3 Å². The van der Waals surface area contributed by atoms with E-state index in [1.54, 1.807) is 6.20 Å². The lowest BCUT2D eigenvalue weighted by atomic mass is 9.85. The first-order valence-electron chi connectivity index (χ1n) is 4.30. The summed E-state index contributed by atoms with van der Waals surface area (Å²) < 4.78 is 0. The Balaban J connectivity index is 2.18. The van der Waals surface area contributed by atoms with Crippen LogP contribution in [0.3, 0.4) is 0 Å². The highest BCUT2D eigenvalue weighted by Crippen LogP contribution is 2.26. The Morgan fingerprint density at radius 3 is 2.75 bits per heavy atom. The van der Waals surface area contributed by atoms with Crippen LogP contribution < -0.4 is 0 Å². The fourth-order valence-electron chi connectivity index (χ4n) is 1.33. The summed E-state index contributed by atoms with van der Waals surface area (Å²) in [4.78, 5) is 12.1. The van der Waals surface area contributed by atoms with Crippen LogP contribution in [0.1, 0.15) is 19.3 Å². The molecule has 3 nitrogen and oxygen atoms in total. The van der Waals surface area contributed by atoms with E-state index in [4.69, 9.17) is 5.11 Å². The van der Waals surface area contributed by atoms with Crippen LogP contribution in [0.2, 0.25) is 0 Å². The van der Waals surface area contributed by atoms with E-state index in [-0.39, 0.29) is 0 Å². The average molecular weight is 169 g/mol. The third-order valence-corrected chi connectivity index (χ3v) is 2.24. The number of carboxylic acids is 1. The summed E-state index contributed by atoms with van der Waals surface area (Å²) >= 11 is 0. The van der Waals surface area contributed by atoms with Crippen LogP contribution in [0.25, 0.3) is 0 Å². The van der Waals surface area contributed by atoms with Gasteiger partial charge in [0.05, 0.1) is 0 Å². The monoisotopic (exact) mass is 169 g/mol. The Morgan fingerprint density at radius 1 is 1.67 bits per heavy atom. The van der Waals surface area contributed by atoms with Crippen molar-refractivity contribution in [3.63, 3.8) is 0 Å². The van der Waals surface area contributed by atoms with Crippen molar-refractivity contribution in [1.82, 2.24) is 4.90 Å². The second-order valence-electron chi connectivity index (χ2n) is 3.39. The van der Waals surface area contributed by atoms with E-state index < -0.39 is 5.97 Å². The zero-order chi connectivity index (χ0) is 8.97. The van der Waals surface area contributed by atoms with Crippen molar-refractivity contribution in [2.75, 3.05) is 13.6 Å². The minimum absolute atomic E-state index is 0.786. The number of carboxylic acid groups (broad SMARTS) is 1. The predicted molar refractivity (Wildman–Crippen MR) is 46.7 cm³/mol. The molecule has 0 atom stereocenters. The lowest BCUT2D eigenvalue weighted by molar-refractivity contribution is -0.131. The van der Waals surface area contributed by atoms with Crippen LogP contribution in [-0.4, -0.2) is 29.6 Å². The standard InChI is InChI=1S/C9H15NO2/c1-10(6-5-9(11)12)7-8-3-2-4-8/h5-6,8H,2-4,7H2,1H3,(H,11,12). The van der Waals surface area contributed by atoms with Crippen molar-refractivity contribution in [1.29, 1.82) is 0 Å². The molecule has 68 valence electrons. The van der Waals surface area contributed by atoms with Crippen LogP contribution in [0, 0.1) is 5.92 Å². The fourth-order valence-corrected chi connectivity index (χ4v) is 1.33. The zero-order valence-corrected chi connectivity index (χ0v) is 7.36. The van der Waals surface area contributed by atoms with Crippen molar-refractivity contribution in [2.45, 2.75) is 19.3 Å². The molecule has 0 saturated heterocycles. The average Bonchev–Trinajstić information content (AvgIpc) is 1.93. The summed E-state index contributed by atoms with van der Waals surface area (Å²) in [6, 6.07) is 0. The van der Waals surface area contributed by atoms with E-state index in [1.807, 2.05) is 11.9 Å². The molecule has 1 saturated carbocycles. The molecule has 0 bridgehead atoms. The lowest BCUT2D eigenvalue weighted by Crippen LogP contribution is -2.25. The van der Waals surface area contributed by atoms with Crippen LogP contribution in [-0.2, 0) is 4.79 Å². The highest BCUT2D eigenvalue weighted by Gasteiger charge is 2.17. The van der Waals surface area contributed by atoms with Gasteiger partial charge in [-0.25, -0.2) is 4.79 Å². The molecular weight excluding hydrogens is 154 g/mol. The molecule has 0 aliphatic heterocycles. The van der Waals surface area contributed by atoms with Gasteiger partial charge < -0.3 is 10.0 Å². The van der Waals surface area contributed by atoms with Gasteiger partial charge in [0.1, 0.15) is 0 Å². The third kappa shape index (κ3) is 2.95. The van der Waals surface area contributed by atoms with Gasteiger partial charge in [0.25, 0.3) is 0 Å². The molecule has 1 rings (SSSR count). The number of hydrogen-bond acceptors (Lipinski definition) is 2. The molecule has 0 aromatic rings. The largest absolute Gasteiger partial charge is 0.478 e. The molecule has 0 aromatic carbocycles. The minimum atomic E-state index is -0.879. The molecule has 0 unspecified atom stereocenters. The Bertz CT molecular complexity index is 185. The Morgan fingerprint density at radius 2 is 2.33 bits per heavy atom. The van der Waals surface area contributed by atoms with Gasteiger partial charge in [-0.15, -0.1) is 0 Å². The highest BCUT2D eigenvalue weighted by molar-refractivity contribution is 5.79. The summed E-state index contributed by atoms with van der Waals surface area (Å²) in [5.41, 5.74) is 0. The molecule has 1 N–H and O–H groups in total. The highest BCUT2D eigenvalue weighted by atomic mass is 16.4. The van der Waals surface area contributed by atoms with Crippen molar-refractivity contribution in [3.05, 3.63) is 12.3 Å². The summed E-state index contributed by atoms with van der Waals surface area (Å²) in [7, 11) is 1.91. The second-order valence-corrected chi connectivity index (χ2v) is 3.39. The maximum atomic E-state index is 10.2. The van der Waals surface area contributed by atoms with Crippen molar-refractivity contribution >= 4 is 5.97 Å². The molecule has 0 aromatic heterocycles. The number of rotatable bonds is 4. The van der Waals surface area contributed by atoms with Gasteiger partial charge in [-0.3, -0.25) is 0 Å². The predicted octanol–water partition coefficient (Wildman–Crippen LogP) is 1.32. The third-order valence-electron chi connectivity index (χ3n) is 2.24. The van der Waals surface area contributed by atoms with Gasteiger partial charge in [0.2, 0.25) is 0 Å². The molecule has 12 heavy (non-hydrogen) atoms. The van der Waals surface area contributed by atoms with E-state index in [9.17, 15) is 4.79 Å². The molecular formula is C9H15NO2. The summed E-state index contributed by atoms with van der Waals surface area (Å²) in [5.74, 6) is -0.0936. The van der Waals surface area contributed by atoms with E-state index in [2.05, 4.69) is 0 Å².